The minimum atomic E-state index is -4.76. The fourth-order valence-electron chi connectivity index (χ4n) is 1.63. The van der Waals surface area contributed by atoms with Gasteiger partial charge in [-0.2, -0.15) is 0 Å². The van der Waals surface area contributed by atoms with E-state index in [4.69, 9.17) is 4.74 Å². The molecule has 0 saturated heterocycles. The first-order chi connectivity index (χ1) is 11.5. The van der Waals surface area contributed by atoms with Crippen LogP contribution in [-0.4, -0.2) is 30.4 Å². The molecule has 0 aliphatic rings. The van der Waals surface area contributed by atoms with Gasteiger partial charge < -0.3 is 14.8 Å². The van der Waals surface area contributed by atoms with Crippen molar-refractivity contribution >= 4 is 18.0 Å². The summed E-state index contributed by atoms with van der Waals surface area (Å²) < 4.78 is 44.7. The summed E-state index contributed by atoms with van der Waals surface area (Å²) >= 11 is 0. The SMILES string of the molecule is CCC(C)(C)NC(=O)COC(=O)/C=C/c1ccc(OC(F)(F)F)cc1. The van der Waals surface area contributed by atoms with Crippen LogP contribution in [0.3, 0.4) is 0 Å². The number of ether oxygens (including phenoxy) is 2. The number of benzene rings is 1. The van der Waals surface area contributed by atoms with Gasteiger partial charge >= 0.3 is 12.3 Å². The van der Waals surface area contributed by atoms with E-state index < -0.39 is 24.8 Å². The third kappa shape index (κ3) is 8.78. The van der Waals surface area contributed by atoms with Crippen molar-refractivity contribution in [1.29, 1.82) is 0 Å². The van der Waals surface area contributed by atoms with Gasteiger partial charge in [0.15, 0.2) is 6.61 Å². The van der Waals surface area contributed by atoms with E-state index in [0.29, 0.717) is 5.56 Å². The number of nitrogens with one attached hydrogen (secondary N) is 1. The molecule has 0 radical (unpaired) electrons. The van der Waals surface area contributed by atoms with Crippen LogP contribution in [0.1, 0.15) is 32.8 Å². The van der Waals surface area contributed by atoms with Crippen LogP contribution in [0.25, 0.3) is 6.08 Å². The van der Waals surface area contributed by atoms with Gasteiger partial charge in [-0.1, -0.05) is 19.1 Å². The van der Waals surface area contributed by atoms with Crippen LogP contribution in [-0.2, 0) is 14.3 Å². The van der Waals surface area contributed by atoms with Gasteiger partial charge in [0.05, 0.1) is 0 Å². The van der Waals surface area contributed by atoms with Crippen LogP contribution in [0, 0.1) is 0 Å². The molecule has 0 bridgehead atoms. The number of halogens is 3. The van der Waals surface area contributed by atoms with Crippen LogP contribution in [0.15, 0.2) is 30.3 Å². The first-order valence-corrected chi connectivity index (χ1v) is 7.52. The maximum atomic E-state index is 12.0. The van der Waals surface area contributed by atoms with Crippen LogP contribution in [0.2, 0.25) is 0 Å². The van der Waals surface area contributed by atoms with Crippen molar-refractivity contribution < 1.29 is 32.2 Å². The Bertz CT molecular complexity index is 622. The summed E-state index contributed by atoms with van der Waals surface area (Å²) in [6, 6.07) is 4.94. The number of carbonyl (C=O) groups excluding carboxylic acids is 2. The molecule has 0 heterocycles. The van der Waals surface area contributed by atoms with Crippen LogP contribution in [0.5, 0.6) is 5.75 Å². The number of rotatable bonds is 7. The van der Waals surface area contributed by atoms with Crippen LogP contribution in [0.4, 0.5) is 13.2 Å². The quantitative estimate of drug-likeness (QED) is 0.598. The van der Waals surface area contributed by atoms with Crippen molar-refractivity contribution in [3.63, 3.8) is 0 Å². The molecule has 8 heteroatoms. The van der Waals surface area contributed by atoms with Gasteiger partial charge in [0.2, 0.25) is 0 Å². The van der Waals surface area contributed by atoms with Crippen molar-refractivity contribution in [2.45, 2.75) is 39.1 Å². The molecule has 1 rings (SSSR count). The molecule has 0 spiro atoms. The Labute approximate surface area is 143 Å². The largest absolute Gasteiger partial charge is 0.573 e. The van der Waals surface area contributed by atoms with Crippen molar-refractivity contribution in [1.82, 2.24) is 5.32 Å². The Hall–Kier alpha value is -2.51. The number of carbonyl (C=O) groups is 2. The Morgan fingerprint density at radius 3 is 2.28 bits per heavy atom. The van der Waals surface area contributed by atoms with E-state index in [9.17, 15) is 22.8 Å². The Morgan fingerprint density at radius 1 is 1.16 bits per heavy atom. The third-order valence-electron chi connectivity index (χ3n) is 3.23. The summed E-state index contributed by atoms with van der Waals surface area (Å²) in [4.78, 5) is 23.2. The monoisotopic (exact) mass is 359 g/mol. The first-order valence-electron chi connectivity index (χ1n) is 7.52. The molecule has 5 nitrogen and oxygen atoms in total. The Morgan fingerprint density at radius 2 is 1.76 bits per heavy atom. The van der Waals surface area contributed by atoms with Crippen molar-refractivity contribution in [3.05, 3.63) is 35.9 Å². The van der Waals surface area contributed by atoms with Gasteiger partial charge in [-0.25, -0.2) is 4.79 Å². The number of hydrogen-bond acceptors (Lipinski definition) is 4. The maximum Gasteiger partial charge on any atom is 0.573 e. The van der Waals surface area contributed by atoms with Gasteiger partial charge in [-0.05, 0) is 44.0 Å². The second-order valence-corrected chi connectivity index (χ2v) is 5.84. The fourth-order valence-corrected chi connectivity index (χ4v) is 1.63. The summed E-state index contributed by atoms with van der Waals surface area (Å²) in [5.41, 5.74) is 0.0857. The van der Waals surface area contributed by atoms with E-state index in [0.717, 1.165) is 24.6 Å². The first kappa shape index (κ1) is 20.5. The van der Waals surface area contributed by atoms with Crippen molar-refractivity contribution in [2.24, 2.45) is 0 Å². The van der Waals surface area contributed by atoms with E-state index >= 15 is 0 Å². The van der Waals surface area contributed by atoms with Gasteiger partial charge in [0.25, 0.3) is 5.91 Å². The summed E-state index contributed by atoms with van der Waals surface area (Å²) in [7, 11) is 0. The van der Waals surface area contributed by atoms with E-state index in [1.165, 1.54) is 18.2 Å². The normalized spacial score (nSPS) is 12.1. The standard InChI is InChI=1S/C17H20F3NO4/c1-4-16(2,3)21-14(22)11-24-15(23)10-7-12-5-8-13(9-6-12)25-17(18,19)20/h5-10H,4,11H2,1-3H3,(H,21,22)/b10-7+. The van der Waals surface area contributed by atoms with E-state index in [-0.39, 0.29) is 11.3 Å². The summed E-state index contributed by atoms with van der Waals surface area (Å²) in [6.07, 6.45) is -1.60. The van der Waals surface area contributed by atoms with Gasteiger partial charge in [0, 0.05) is 11.6 Å². The molecule has 0 fully saturated rings. The molecule has 138 valence electrons. The Kier molecular flexibility index (Phi) is 7.02. The van der Waals surface area contributed by atoms with E-state index in [1.54, 1.807) is 0 Å². The zero-order valence-electron chi connectivity index (χ0n) is 14.1. The third-order valence-corrected chi connectivity index (χ3v) is 3.23. The molecule has 0 unspecified atom stereocenters. The molecule has 0 aliphatic heterocycles. The number of esters is 1. The molecule has 0 atom stereocenters. The van der Waals surface area contributed by atoms with Gasteiger partial charge in [-0.3, -0.25) is 4.79 Å². The van der Waals surface area contributed by atoms with Crippen LogP contribution >= 0.6 is 0 Å². The summed E-state index contributed by atoms with van der Waals surface area (Å²) in [5, 5.41) is 2.71. The fraction of sp³-hybridized carbons (Fsp3) is 0.412. The van der Waals surface area contributed by atoms with Crippen molar-refractivity contribution in [3.8, 4) is 5.75 Å². The number of hydrogen-bond donors (Lipinski definition) is 1. The van der Waals surface area contributed by atoms with E-state index in [2.05, 4.69) is 10.1 Å². The lowest BCUT2D eigenvalue weighted by Gasteiger charge is -2.24. The molecule has 0 aromatic heterocycles. The van der Waals surface area contributed by atoms with Gasteiger partial charge in [-0.15, -0.1) is 13.2 Å². The molecule has 1 amide bonds. The molecule has 1 aromatic rings. The molecule has 25 heavy (non-hydrogen) atoms. The molecule has 0 aliphatic carbocycles. The average Bonchev–Trinajstić information content (AvgIpc) is 2.50. The Balaban J connectivity index is 2.47. The number of alkyl halides is 3. The van der Waals surface area contributed by atoms with Crippen molar-refractivity contribution in [2.75, 3.05) is 6.61 Å². The zero-order valence-corrected chi connectivity index (χ0v) is 14.1. The lowest BCUT2D eigenvalue weighted by molar-refractivity contribution is -0.274. The maximum absolute atomic E-state index is 12.0. The van der Waals surface area contributed by atoms with Gasteiger partial charge in [0.1, 0.15) is 5.75 Å². The minimum Gasteiger partial charge on any atom is -0.452 e. The molecule has 1 aromatic carbocycles. The second kappa shape index (κ2) is 8.55. The summed E-state index contributed by atoms with van der Waals surface area (Å²) in [6.45, 7) is 5.20. The number of amides is 1. The smallest absolute Gasteiger partial charge is 0.452 e. The molecular formula is C17H20F3NO4. The molecule has 0 saturated carbocycles. The second-order valence-electron chi connectivity index (χ2n) is 5.84. The zero-order chi connectivity index (χ0) is 19.1. The van der Waals surface area contributed by atoms with Crippen LogP contribution < -0.4 is 10.1 Å². The topological polar surface area (TPSA) is 64.6 Å². The molecular weight excluding hydrogens is 339 g/mol. The lowest BCUT2D eigenvalue weighted by Crippen LogP contribution is -2.44. The highest BCUT2D eigenvalue weighted by Crippen LogP contribution is 2.22. The predicted molar refractivity (Wildman–Crippen MR) is 85.6 cm³/mol. The summed E-state index contributed by atoms with van der Waals surface area (Å²) in [5.74, 6) is -1.51. The molecule has 1 N–H and O–H groups in total. The average molecular weight is 359 g/mol. The highest BCUT2D eigenvalue weighted by Gasteiger charge is 2.30. The van der Waals surface area contributed by atoms with E-state index in [1.807, 2.05) is 20.8 Å². The highest BCUT2D eigenvalue weighted by molar-refractivity contribution is 5.89. The lowest BCUT2D eigenvalue weighted by atomic mass is 10.0. The predicted octanol–water partition coefficient (Wildman–Crippen LogP) is 3.45. The highest BCUT2D eigenvalue weighted by atomic mass is 19.4. The minimum absolute atomic E-state index is 0.359.